The monoisotopic (exact) mass is 484 g/mol. The number of carbonyl (C=O) groups is 1. The number of benzene rings is 2. The van der Waals surface area contributed by atoms with Crippen molar-refractivity contribution in [3.63, 3.8) is 0 Å². The number of aryl methyl sites for hydroxylation is 2. The molecule has 2 fully saturated rings. The molecule has 0 N–H and O–H groups in total. The first-order chi connectivity index (χ1) is 17.0. The Balaban J connectivity index is 0.000000364. The first-order valence-electron chi connectivity index (χ1n) is 12.8. The van der Waals surface area contributed by atoms with E-state index in [9.17, 15) is 0 Å². The normalized spacial score (nSPS) is 17.4. The van der Waals surface area contributed by atoms with Crippen LogP contribution in [0, 0.1) is 13.8 Å². The molecule has 1 atom stereocenters. The summed E-state index contributed by atoms with van der Waals surface area (Å²) in [5.41, 5.74) is 4.05. The molecule has 2 aliphatic rings. The molecular weight excluding hydrogens is 436 g/mol. The summed E-state index contributed by atoms with van der Waals surface area (Å²) in [5, 5.41) is 0. The lowest BCUT2D eigenvalue weighted by Gasteiger charge is -2.42. The second-order valence-corrected chi connectivity index (χ2v) is 9.38. The summed E-state index contributed by atoms with van der Waals surface area (Å²) in [4.78, 5) is 13.4. The first-order valence-corrected chi connectivity index (χ1v) is 12.8. The molecule has 1 heterocycles. The zero-order chi connectivity index (χ0) is 26.1. The standard InChI is InChI=1S/C19H30N2.C8H10O.C2H6O.CH2O/c1-16-8-10-18(11-9-16)17(2)20-12-14-21(15-13-20)19-6-4-3-5-7-19;1-7-4-3-5-8(6-7)9-2;1-3-2;1-2/h8-11,17,19H,3-7,12-15H2,1-2H3;3-6H,1-2H3;1-2H3;1H2. The van der Waals surface area contributed by atoms with Crippen molar-refractivity contribution in [2.45, 2.75) is 65.0 Å². The Kier molecular flexibility index (Phi) is 16.0. The van der Waals surface area contributed by atoms with Gasteiger partial charge in [0.1, 0.15) is 12.5 Å². The molecule has 1 aliphatic heterocycles. The maximum absolute atomic E-state index is 8.00. The zero-order valence-electron chi connectivity index (χ0n) is 23.0. The van der Waals surface area contributed by atoms with Gasteiger partial charge in [-0.3, -0.25) is 9.80 Å². The molecule has 2 aromatic rings. The molecular formula is C30H48N2O3. The molecule has 1 saturated carbocycles. The minimum atomic E-state index is 0.555. The SMILES string of the molecule is C=O.COC.COc1cccc(C)c1.Cc1ccc(C(C)N2CCN(C3CCCCC3)CC2)cc1. The number of ether oxygens (including phenoxy) is 2. The molecule has 5 heteroatoms. The van der Waals surface area contributed by atoms with Gasteiger partial charge in [-0.2, -0.15) is 0 Å². The molecule has 1 aliphatic carbocycles. The number of hydrogen-bond donors (Lipinski definition) is 0. The summed E-state index contributed by atoms with van der Waals surface area (Å²) in [6.07, 6.45) is 7.23. The Morgan fingerprint density at radius 3 is 1.89 bits per heavy atom. The number of rotatable bonds is 4. The molecule has 5 nitrogen and oxygen atoms in total. The molecule has 0 spiro atoms. The van der Waals surface area contributed by atoms with Gasteiger partial charge in [0.05, 0.1) is 7.11 Å². The van der Waals surface area contributed by atoms with Gasteiger partial charge in [-0.25, -0.2) is 0 Å². The van der Waals surface area contributed by atoms with Crippen LogP contribution in [0.2, 0.25) is 0 Å². The van der Waals surface area contributed by atoms with E-state index >= 15 is 0 Å². The van der Waals surface area contributed by atoms with Gasteiger partial charge in [-0.05, 0) is 56.9 Å². The molecule has 0 amide bonds. The van der Waals surface area contributed by atoms with Crippen molar-refractivity contribution in [1.29, 1.82) is 0 Å². The van der Waals surface area contributed by atoms with Gasteiger partial charge in [0.15, 0.2) is 0 Å². The lowest BCUT2D eigenvalue weighted by molar-refractivity contribution is -0.0979. The van der Waals surface area contributed by atoms with Crippen molar-refractivity contribution >= 4 is 6.79 Å². The van der Waals surface area contributed by atoms with Gasteiger partial charge < -0.3 is 14.3 Å². The van der Waals surface area contributed by atoms with Crippen LogP contribution in [0.4, 0.5) is 0 Å². The van der Waals surface area contributed by atoms with Gasteiger partial charge in [0.25, 0.3) is 0 Å². The molecule has 196 valence electrons. The van der Waals surface area contributed by atoms with Gasteiger partial charge in [-0.1, -0.05) is 61.2 Å². The maximum Gasteiger partial charge on any atom is 0.119 e. The average molecular weight is 485 g/mol. The van der Waals surface area contributed by atoms with E-state index in [0.717, 1.165) is 11.8 Å². The summed E-state index contributed by atoms with van der Waals surface area (Å²) in [5.74, 6) is 0.926. The fourth-order valence-corrected chi connectivity index (χ4v) is 4.73. The number of hydrogen-bond acceptors (Lipinski definition) is 5. The van der Waals surface area contributed by atoms with Crippen LogP contribution in [-0.4, -0.2) is 70.1 Å². The lowest BCUT2D eigenvalue weighted by atomic mass is 9.93. The highest BCUT2D eigenvalue weighted by Crippen LogP contribution is 2.26. The number of nitrogens with zero attached hydrogens (tertiary/aromatic N) is 2. The van der Waals surface area contributed by atoms with Gasteiger partial charge in [-0.15, -0.1) is 0 Å². The summed E-state index contributed by atoms with van der Waals surface area (Å²) in [6.45, 7) is 13.6. The summed E-state index contributed by atoms with van der Waals surface area (Å²) in [7, 11) is 4.93. The predicted octanol–water partition coefficient (Wildman–Crippen LogP) is 6.09. The second kappa shape index (κ2) is 18.1. The van der Waals surface area contributed by atoms with Crippen molar-refractivity contribution in [3.8, 4) is 5.75 Å². The van der Waals surface area contributed by atoms with E-state index in [1.54, 1.807) is 21.3 Å². The van der Waals surface area contributed by atoms with E-state index in [1.165, 1.54) is 75.0 Å². The average Bonchev–Trinajstić information content (AvgIpc) is 2.91. The van der Waals surface area contributed by atoms with Crippen molar-refractivity contribution in [2.75, 3.05) is 47.5 Å². The molecule has 0 radical (unpaired) electrons. The third-order valence-corrected chi connectivity index (χ3v) is 6.77. The highest BCUT2D eigenvalue weighted by atomic mass is 16.5. The fraction of sp³-hybridized carbons (Fsp3) is 0.567. The third kappa shape index (κ3) is 11.4. The van der Waals surface area contributed by atoms with Gasteiger partial charge >= 0.3 is 0 Å². The number of methoxy groups -OCH3 is 2. The highest BCUT2D eigenvalue weighted by Gasteiger charge is 2.27. The highest BCUT2D eigenvalue weighted by molar-refractivity contribution is 5.27. The Bertz CT molecular complexity index is 782. The smallest absolute Gasteiger partial charge is 0.119 e. The van der Waals surface area contributed by atoms with E-state index in [2.05, 4.69) is 52.6 Å². The van der Waals surface area contributed by atoms with Crippen LogP contribution in [0.15, 0.2) is 48.5 Å². The van der Waals surface area contributed by atoms with Crippen LogP contribution in [0.3, 0.4) is 0 Å². The zero-order valence-corrected chi connectivity index (χ0v) is 23.0. The quantitative estimate of drug-likeness (QED) is 0.525. The van der Waals surface area contributed by atoms with Crippen LogP contribution in [0.25, 0.3) is 0 Å². The molecule has 1 saturated heterocycles. The van der Waals surface area contributed by atoms with Gasteiger partial charge in [0.2, 0.25) is 0 Å². The summed E-state index contributed by atoms with van der Waals surface area (Å²) < 4.78 is 9.25. The minimum absolute atomic E-state index is 0.555. The molecule has 2 aromatic carbocycles. The predicted molar refractivity (Wildman–Crippen MR) is 147 cm³/mol. The Morgan fingerprint density at radius 2 is 1.40 bits per heavy atom. The second-order valence-electron chi connectivity index (χ2n) is 9.38. The number of piperazine rings is 1. The van der Waals surface area contributed by atoms with Crippen molar-refractivity contribution < 1.29 is 14.3 Å². The minimum Gasteiger partial charge on any atom is -0.497 e. The molecule has 1 unspecified atom stereocenters. The van der Waals surface area contributed by atoms with E-state index in [4.69, 9.17) is 9.53 Å². The molecule has 0 bridgehead atoms. The van der Waals surface area contributed by atoms with Crippen LogP contribution < -0.4 is 4.74 Å². The van der Waals surface area contributed by atoms with E-state index in [-0.39, 0.29) is 0 Å². The van der Waals surface area contributed by atoms with Crippen molar-refractivity contribution in [3.05, 3.63) is 65.2 Å². The van der Waals surface area contributed by atoms with Crippen LogP contribution in [0.5, 0.6) is 5.75 Å². The third-order valence-electron chi connectivity index (χ3n) is 6.77. The molecule has 4 rings (SSSR count). The van der Waals surface area contributed by atoms with E-state index in [0.29, 0.717) is 6.04 Å². The lowest BCUT2D eigenvalue weighted by Crippen LogP contribution is -2.51. The largest absolute Gasteiger partial charge is 0.497 e. The van der Waals surface area contributed by atoms with E-state index in [1.807, 2.05) is 38.0 Å². The van der Waals surface area contributed by atoms with E-state index < -0.39 is 0 Å². The Labute approximate surface area is 214 Å². The van der Waals surface area contributed by atoms with Crippen LogP contribution >= 0.6 is 0 Å². The van der Waals surface area contributed by atoms with Gasteiger partial charge in [0, 0.05) is 52.5 Å². The van der Waals surface area contributed by atoms with Crippen molar-refractivity contribution in [1.82, 2.24) is 9.80 Å². The topological polar surface area (TPSA) is 42.0 Å². The molecule has 0 aromatic heterocycles. The molecule has 35 heavy (non-hydrogen) atoms. The summed E-state index contributed by atoms with van der Waals surface area (Å²) >= 11 is 0. The number of carbonyl (C=O) groups excluding carboxylic acids is 1. The Hall–Kier alpha value is -2.21. The summed E-state index contributed by atoms with van der Waals surface area (Å²) in [6, 6.07) is 18.5. The first kappa shape index (κ1) is 30.8. The van der Waals surface area contributed by atoms with Crippen LogP contribution in [0.1, 0.15) is 61.8 Å². The Morgan fingerprint density at radius 1 is 0.829 bits per heavy atom. The van der Waals surface area contributed by atoms with Crippen molar-refractivity contribution in [2.24, 2.45) is 0 Å². The maximum atomic E-state index is 8.00. The fourth-order valence-electron chi connectivity index (χ4n) is 4.73. The van der Waals surface area contributed by atoms with Crippen LogP contribution in [-0.2, 0) is 9.53 Å².